The first kappa shape index (κ1) is 11.5. The zero-order chi connectivity index (χ0) is 11.2. The first-order valence-electron chi connectivity index (χ1n) is 6.33. The summed E-state index contributed by atoms with van der Waals surface area (Å²) in [6, 6.07) is 10.9. The van der Waals surface area contributed by atoms with E-state index in [0.29, 0.717) is 6.10 Å². The van der Waals surface area contributed by atoms with Crippen molar-refractivity contribution >= 4 is 0 Å². The molecular weight excluding hydrogens is 198 g/mol. The maximum Gasteiger partial charge on any atom is 0.119 e. The topological polar surface area (TPSA) is 21.3 Å². The van der Waals surface area contributed by atoms with E-state index < -0.39 is 0 Å². The fraction of sp³-hybridized carbons (Fsp3) is 0.571. The maximum absolute atomic E-state index is 5.97. The number of para-hydroxylation sites is 1. The number of hydrogen-bond donors (Lipinski definition) is 1. The molecule has 0 radical (unpaired) electrons. The Balaban J connectivity index is 1.80. The van der Waals surface area contributed by atoms with Gasteiger partial charge in [0.2, 0.25) is 0 Å². The van der Waals surface area contributed by atoms with Crippen LogP contribution in [0.15, 0.2) is 30.3 Å². The van der Waals surface area contributed by atoms with Crippen LogP contribution in [0.2, 0.25) is 0 Å². The van der Waals surface area contributed by atoms with Crippen LogP contribution in [0.4, 0.5) is 0 Å². The summed E-state index contributed by atoms with van der Waals surface area (Å²) in [7, 11) is 0. The lowest BCUT2D eigenvalue weighted by atomic mass is 10.2. The molecular formula is C14H21NO. The minimum atomic E-state index is 0.313. The largest absolute Gasteiger partial charge is 0.489 e. The third kappa shape index (κ3) is 3.86. The Hall–Kier alpha value is -1.02. The van der Waals surface area contributed by atoms with Gasteiger partial charge in [-0.25, -0.2) is 0 Å². The summed E-state index contributed by atoms with van der Waals surface area (Å²) in [4.78, 5) is 0. The van der Waals surface area contributed by atoms with Crippen molar-refractivity contribution in [3.05, 3.63) is 30.3 Å². The van der Waals surface area contributed by atoms with Gasteiger partial charge in [0, 0.05) is 12.6 Å². The fourth-order valence-corrected chi connectivity index (χ4v) is 1.80. The van der Waals surface area contributed by atoms with Crippen LogP contribution in [0.3, 0.4) is 0 Å². The lowest BCUT2D eigenvalue weighted by molar-refractivity contribution is 0.186. The highest BCUT2D eigenvalue weighted by molar-refractivity contribution is 5.21. The van der Waals surface area contributed by atoms with Crippen molar-refractivity contribution in [3.63, 3.8) is 0 Å². The summed E-state index contributed by atoms with van der Waals surface area (Å²) in [5.74, 6) is 0.985. The van der Waals surface area contributed by atoms with Crippen molar-refractivity contribution < 1.29 is 4.74 Å². The SMILES string of the molecule is CCCC(CNC1CC1)Oc1ccccc1. The van der Waals surface area contributed by atoms with Gasteiger partial charge in [-0.2, -0.15) is 0 Å². The van der Waals surface area contributed by atoms with E-state index >= 15 is 0 Å². The molecule has 0 heterocycles. The van der Waals surface area contributed by atoms with E-state index in [1.54, 1.807) is 0 Å². The first-order chi connectivity index (χ1) is 7.88. The monoisotopic (exact) mass is 219 g/mol. The second kappa shape index (κ2) is 5.90. The van der Waals surface area contributed by atoms with Crippen molar-refractivity contribution in [3.8, 4) is 5.75 Å². The average Bonchev–Trinajstić information content (AvgIpc) is 3.11. The van der Waals surface area contributed by atoms with Crippen LogP contribution >= 0.6 is 0 Å². The van der Waals surface area contributed by atoms with Gasteiger partial charge in [0.1, 0.15) is 11.9 Å². The van der Waals surface area contributed by atoms with Crippen LogP contribution < -0.4 is 10.1 Å². The number of nitrogens with one attached hydrogen (secondary N) is 1. The van der Waals surface area contributed by atoms with Gasteiger partial charge in [0.15, 0.2) is 0 Å². The first-order valence-corrected chi connectivity index (χ1v) is 6.33. The molecule has 16 heavy (non-hydrogen) atoms. The Morgan fingerprint density at radius 3 is 2.69 bits per heavy atom. The standard InChI is InChI=1S/C14H21NO/c1-2-6-14(11-15-12-9-10-12)16-13-7-4-3-5-8-13/h3-5,7-8,12,14-15H,2,6,9-11H2,1H3. The Morgan fingerprint density at radius 1 is 1.31 bits per heavy atom. The van der Waals surface area contributed by atoms with Crippen molar-refractivity contribution in [2.45, 2.75) is 44.8 Å². The molecule has 2 heteroatoms. The molecule has 88 valence electrons. The zero-order valence-electron chi connectivity index (χ0n) is 9.99. The highest BCUT2D eigenvalue weighted by Gasteiger charge is 2.22. The highest BCUT2D eigenvalue weighted by Crippen LogP contribution is 2.19. The lowest BCUT2D eigenvalue weighted by Gasteiger charge is -2.19. The number of ether oxygens (including phenoxy) is 1. The number of hydrogen-bond acceptors (Lipinski definition) is 2. The van der Waals surface area contributed by atoms with Gasteiger partial charge in [-0.15, -0.1) is 0 Å². The summed E-state index contributed by atoms with van der Waals surface area (Å²) < 4.78 is 5.97. The maximum atomic E-state index is 5.97. The highest BCUT2D eigenvalue weighted by atomic mass is 16.5. The minimum Gasteiger partial charge on any atom is -0.489 e. The van der Waals surface area contributed by atoms with Gasteiger partial charge in [0.05, 0.1) is 0 Å². The van der Waals surface area contributed by atoms with Gasteiger partial charge in [-0.05, 0) is 31.4 Å². The van der Waals surface area contributed by atoms with E-state index in [-0.39, 0.29) is 0 Å². The zero-order valence-corrected chi connectivity index (χ0v) is 9.99. The van der Waals surface area contributed by atoms with E-state index in [9.17, 15) is 0 Å². The van der Waals surface area contributed by atoms with Gasteiger partial charge in [0.25, 0.3) is 0 Å². The second-order valence-electron chi connectivity index (χ2n) is 4.52. The normalized spacial score (nSPS) is 17.1. The Morgan fingerprint density at radius 2 is 2.06 bits per heavy atom. The molecule has 2 nitrogen and oxygen atoms in total. The van der Waals surface area contributed by atoms with Crippen LogP contribution in [0, 0.1) is 0 Å². The molecule has 0 aromatic heterocycles. The molecule has 1 aromatic carbocycles. The molecule has 1 N–H and O–H groups in total. The van der Waals surface area contributed by atoms with E-state index in [2.05, 4.69) is 12.2 Å². The van der Waals surface area contributed by atoms with Crippen LogP contribution in [-0.2, 0) is 0 Å². The van der Waals surface area contributed by atoms with Crippen molar-refractivity contribution in [1.82, 2.24) is 5.32 Å². The van der Waals surface area contributed by atoms with Crippen LogP contribution in [0.25, 0.3) is 0 Å². The molecule has 1 aliphatic rings. The molecule has 1 aliphatic carbocycles. The smallest absolute Gasteiger partial charge is 0.119 e. The predicted molar refractivity (Wildman–Crippen MR) is 66.8 cm³/mol. The van der Waals surface area contributed by atoms with Crippen LogP contribution in [0.1, 0.15) is 32.6 Å². The third-order valence-corrected chi connectivity index (χ3v) is 2.87. The summed E-state index contributed by atoms with van der Waals surface area (Å²) in [5, 5.41) is 3.54. The van der Waals surface area contributed by atoms with Crippen LogP contribution in [0.5, 0.6) is 5.75 Å². The van der Waals surface area contributed by atoms with Gasteiger partial charge >= 0.3 is 0 Å². The summed E-state index contributed by atoms with van der Waals surface area (Å²) in [6.45, 7) is 3.19. The molecule has 1 saturated carbocycles. The van der Waals surface area contributed by atoms with Gasteiger partial charge in [-0.1, -0.05) is 31.5 Å². The second-order valence-corrected chi connectivity index (χ2v) is 4.52. The quantitative estimate of drug-likeness (QED) is 0.761. The molecule has 1 aromatic rings. The Labute approximate surface area is 98.0 Å². The fourth-order valence-electron chi connectivity index (χ4n) is 1.80. The molecule has 1 atom stereocenters. The van der Waals surface area contributed by atoms with Gasteiger partial charge < -0.3 is 10.1 Å². The lowest BCUT2D eigenvalue weighted by Crippen LogP contribution is -2.32. The molecule has 0 aliphatic heterocycles. The molecule has 1 fully saturated rings. The van der Waals surface area contributed by atoms with Crippen LogP contribution in [-0.4, -0.2) is 18.7 Å². The predicted octanol–water partition coefficient (Wildman–Crippen LogP) is 2.99. The molecule has 0 amide bonds. The van der Waals surface area contributed by atoms with E-state index in [4.69, 9.17) is 4.74 Å². The Bertz CT molecular complexity index is 295. The molecule has 0 bridgehead atoms. The van der Waals surface area contributed by atoms with Gasteiger partial charge in [-0.3, -0.25) is 0 Å². The number of benzene rings is 1. The molecule has 0 spiro atoms. The molecule has 1 unspecified atom stereocenters. The summed E-state index contributed by atoms with van der Waals surface area (Å²) >= 11 is 0. The van der Waals surface area contributed by atoms with E-state index in [1.165, 1.54) is 19.3 Å². The Kier molecular flexibility index (Phi) is 4.23. The molecule has 0 saturated heterocycles. The minimum absolute atomic E-state index is 0.313. The van der Waals surface area contributed by atoms with Crippen molar-refractivity contribution in [1.29, 1.82) is 0 Å². The summed E-state index contributed by atoms with van der Waals surface area (Å²) in [5.41, 5.74) is 0. The van der Waals surface area contributed by atoms with Crippen molar-refractivity contribution in [2.75, 3.05) is 6.54 Å². The summed E-state index contributed by atoms with van der Waals surface area (Å²) in [6.07, 6.45) is 5.28. The number of rotatable bonds is 7. The average molecular weight is 219 g/mol. The van der Waals surface area contributed by atoms with Crippen molar-refractivity contribution in [2.24, 2.45) is 0 Å². The third-order valence-electron chi connectivity index (χ3n) is 2.87. The van der Waals surface area contributed by atoms with E-state index in [0.717, 1.165) is 24.8 Å². The van der Waals surface area contributed by atoms with E-state index in [1.807, 2.05) is 30.3 Å². The molecule has 2 rings (SSSR count).